The van der Waals surface area contributed by atoms with Crippen LogP contribution in [-0.4, -0.2) is 29.1 Å². The maximum Gasteiger partial charge on any atom is 0.320 e. The van der Waals surface area contributed by atoms with Gasteiger partial charge in [0, 0.05) is 23.2 Å². The zero-order chi connectivity index (χ0) is 16.7. The minimum atomic E-state index is -0.889. The zero-order valence-corrected chi connectivity index (χ0v) is 13.9. The summed E-state index contributed by atoms with van der Waals surface area (Å²) < 4.78 is 0. The molecule has 0 aliphatic carbocycles. The van der Waals surface area contributed by atoms with E-state index in [1.807, 2.05) is 19.9 Å². The molecule has 0 heterocycles. The van der Waals surface area contributed by atoms with Crippen molar-refractivity contribution in [1.82, 2.24) is 5.32 Å². The summed E-state index contributed by atoms with van der Waals surface area (Å²) in [6.07, 6.45) is 1.50. The molecular weight excluding hydrogens is 304 g/mol. The first kappa shape index (κ1) is 18.5. The van der Waals surface area contributed by atoms with Crippen LogP contribution in [0.4, 0.5) is 5.69 Å². The molecule has 5 nitrogen and oxygen atoms in total. The van der Waals surface area contributed by atoms with Gasteiger partial charge >= 0.3 is 5.97 Å². The summed E-state index contributed by atoms with van der Waals surface area (Å²) in [7, 11) is 0. The smallest absolute Gasteiger partial charge is 0.320 e. The van der Waals surface area contributed by atoms with Crippen LogP contribution in [-0.2, 0) is 9.59 Å². The van der Waals surface area contributed by atoms with Crippen LogP contribution in [0.2, 0.25) is 5.02 Å². The molecule has 0 fully saturated rings. The molecule has 0 spiro atoms. The summed E-state index contributed by atoms with van der Waals surface area (Å²) in [6.45, 7) is 5.61. The lowest BCUT2D eigenvalue weighted by atomic mass is 10.1. The van der Waals surface area contributed by atoms with Crippen LogP contribution in [0.5, 0.6) is 0 Å². The van der Waals surface area contributed by atoms with Gasteiger partial charge in [-0.3, -0.25) is 9.59 Å². The third-order valence-electron chi connectivity index (χ3n) is 3.31. The van der Waals surface area contributed by atoms with Crippen molar-refractivity contribution in [2.45, 2.75) is 52.1 Å². The predicted octanol–water partition coefficient (Wildman–Crippen LogP) is 3.21. The first-order valence-electron chi connectivity index (χ1n) is 7.38. The predicted molar refractivity (Wildman–Crippen MR) is 88.4 cm³/mol. The van der Waals surface area contributed by atoms with Crippen molar-refractivity contribution >= 4 is 29.2 Å². The standard InChI is InChI=1S/C16H23ClN2O3/c1-4-5-14(16(21)22)18-11(3)8-15(20)19-12-7-6-10(2)13(17)9-12/h6-7,9,11,14,18H,4-5,8H2,1-3H3,(H,19,20)(H,21,22). The Morgan fingerprint density at radius 1 is 1.36 bits per heavy atom. The second kappa shape index (κ2) is 8.76. The number of hydrogen-bond donors (Lipinski definition) is 3. The van der Waals surface area contributed by atoms with E-state index >= 15 is 0 Å². The van der Waals surface area contributed by atoms with Crippen LogP contribution in [0.1, 0.15) is 38.7 Å². The highest BCUT2D eigenvalue weighted by Crippen LogP contribution is 2.20. The lowest BCUT2D eigenvalue weighted by molar-refractivity contribution is -0.140. The summed E-state index contributed by atoms with van der Waals surface area (Å²) in [5, 5.41) is 15.4. The van der Waals surface area contributed by atoms with Crippen molar-refractivity contribution in [1.29, 1.82) is 0 Å². The fraction of sp³-hybridized carbons (Fsp3) is 0.500. The number of rotatable bonds is 8. The quantitative estimate of drug-likeness (QED) is 0.685. The average molecular weight is 327 g/mol. The van der Waals surface area contributed by atoms with Crippen molar-refractivity contribution in [2.24, 2.45) is 0 Å². The molecule has 1 amide bonds. The average Bonchev–Trinajstić information content (AvgIpc) is 2.42. The van der Waals surface area contributed by atoms with Crippen LogP contribution in [0.15, 0.2) is 18.2 Å². The Morgan fingerprint density at radius 3 is 2.59 bits per heavy atom. The second-order valence-electron chi connectivity index (χ2n) is 5.46. The van der Waals surface area contributed by atoms with Crippen molar-refractivity contribution in [3.63, 3.8) is 0 Å². The zero-order valence-electron chi connectivity index (χ0n) is 13.1. The number of hydrogen-bond acceptors (Lipinski definition) is 3. The van der Waals surface area contributed by atoms with E-state index in [0.29, 0.717) is 17.1 Å². The molecule has 3 N–H and O–H groups in total. The van der Waals surface area contributed by atoms with Crippen molar-refractivity contribution < 1.29 is 14.7 Å². The summed E-state index contributed by atoms with van der Waals surface area (Å²) in [5.41, 5.74) is 1.58. The van der Waals surface area contributed by atoms with Crippen molar-refractivity contribution in [3.05, 3.63) is 28.8 Å². The van der Waals surface area contributed by atoms with Crippen LogP contribution in [0.25, 0.3) is 0 Å². The van der Waals surface area contributed by atoms with Gasteiger partial charge in [0.05, 0.1) is 0 Å². The van der Waals surface area contributed by atoms with Gasteiger partial charge in [0.25, 0.3) is 0 Å². The Kier molecular flexibility index (Phi) is 7.35. The molecule has 2 atom stereocenters. The molecule has 1 aromatic carbocycles. The number of aryl methyl sites for hydroxylation is 1. The highest BCUT2D eigenvalue weighted by molar-refractivity contribution is 6.31. The fourth-order valence-electron chi connectivity index (χ4n) is 2.13. The number of carbonyl (C=O) groups is 2. The highest BCUT2D eigenvalue weighted by atomic mass is 35.5. The van der Waals surface area contributed by atoms with E-state index in [-0.39, 0.29) is 18.4 Å². The van der Waals surface area contributed by atoms with Crippen molar-refractivity contribution in [2.75, 3.05) is 5.32 Å². The Hall–Kier alpha value is -1.59. The summed E-state index contributed by atoms with van der Waals surface area (Å²) in [4.78, 5) is 23.1. The van der Waals surface area contributed by atoms with E-state index < -0.39 is 12.0 Å². The van der Waals surface area contributed by atoms with Gasteiger partial charge in [-0.2, -0.15) is 0 Å². The number of nitrogens with one attached hydrogen (secondary N) is 2. The van der Waals surface area contributed by atoms with Gasteiger partial charge in [0.2, 0.25) is 5.91 Å². The minimum absolute atomic E-state index is 0.180. The third kappa shape index (κ3) is 6.03. The number of benzene rings is 1. The van der Waals surface area contributed by atoms with Crippen LogP contribution in [0.3, 0.4) is 0 Å². The number of anilines is 1. The second-order valence-corrected chi connectivity index (χ2v) is 5.87. The largest absolute Gasteiger partial charge is 0.480 e. The molecule has 0 aliphatic rings. The Labute approximate surface area is 136 Å². The molecule has 0 radical (unpaired) electrons. The van der Waals surface area contributed by atoms with E-state index in [9.17, 15) is 9.59 Å². The molecule has 0 saturated heterocycles. The number of carboxylic acid groups (broad SMARTS) is 1. The van der Waals surface area contributed by atoms with Gasteiger partial charge in [0.1, 0.15) is 6.04 Å². The summed E-state index contributed by atoms with van der Waals surface area (Å²) >= 11 is 6.01. The topological polar surface area (TPSA) is 78.4 Å². The van der Waals surface area contributed by atoms with Crippen LogP contribution < -0.4 is 10.6 Å². The third-order valence-corrected chi connectivity index (χ3v) is 3.72. The lowest BCUT2D eigenvalue weighted by Crippen LogP contribution is -2.43. The van der Waals surface area contributed by atoms with Gasteiger partial charge in [-0.15, -0.1) is 0 Å². The first-order valence-corrected chi connectivity index (χ1v) is 7.76. The molecule has 1 rings (SSSR count). The van der Waals surface area contributed by atoms with Gasteiger partial charge in [-0.05, 0) is 38.0 Å². The van der Waals surface area contributed by atoms with Crippen LogP contribution >= 0.6 is 11.6 Å². The molecule has 0 aliphatic heterocycles. The van der Waals surface area contributed by atoms with E-state index in [4.69, 9.17) is 16.7 Å². The number of aliphatic carboxylic acids is 1. The molecular formula is C16H23ClN2O3. The monoisotopic (exact) mass is 326 g/mol. The molecule has 6 heteroatoms. The van der Waals surface area contributed by atoms with E-state index in [1.165, 1.54) is 0 Å². The first-order chi connectivity index (χ1) is 10.3. The van der Waals surface area contributed by atoms with E-state index in [2.05, 4.69) is 10.6 Å². The molecule has 2 unspecified atom stereocenters. The van der Waals surface area contributed by atoms with Gasteiger partial charge < -0.3 is 15.7 Å². The maximum absolute atomic E-state index is 12.0. The number of carbonyl (C=O) groups excluding carboxylic acids is 1. The molecule has 1 aromatic rings. The number of halogens is 1. The van der Waals surface area contributed by atoms with Gasteiger partial charge in [-0.1, -0.05) is 31.0 Å². The van der Waals surface area contributed by atoms with Gasteiger partial charge in [-0.25, -0.2) is 0 Å². The fourth-order valence-corrected chi connectivity index (χ4v) is 2.31. The summed E-state index contributed by atoms with van der Waals surface area (Å²) in [5.74, 6) is -1.07. The molecule has 22 heavy (non-hydrogen) atoms. The van der Waals surface area contributed by atoms with Crippen LogP contribution in [0, 0.1) is 6.92 Å². The number of amides is 1. The van der Waals surface area contributed by atoms with Crippen molar-refractivity contribution in [3.8, 4) is 0 Å². The normalized spacial score (nSPS) is 13.5. The maximum atomic E-state index is 12.0. The highest BCUT2D eigenvalue weighted by Gasteiger charge is 2.19. The Bertz CT molecular complexity index is 534. The van der Waals surface area contributed by atoms with Gasteiger partial charge in [0.15, 0.2) is 0 Å². The summed E-state index contributed by atoms with van der Waals surface area (Å²) in [6, 6.07) is 4.47. The molecule has 122 valence electrons. The van der Waals surface area contributed by atoms with E-state index in [0.717, 1.165) is 12.0 Å². The minimum Gasteiger partial charge on any atom is -0.480 e. The molecule has 0 saturated carbocycles. The SMILES string of the molecule is CCCC(NC(C)CC(=O)Nc1ccc(C)c(Cl)c1)C(=O)O. The molecule has 0 bridgehead atoms. The Balaban J connectivity index is 2.52. The lowest BCUT2D eigenvalue weighted by Gasteiger charge is -2.19. The number of carboxylic acids is 1. The Morgan fingerprint density at radius 2 is 2.05 bits per heavy atom. The van der Waals surface area contributed by atoms with E-state index in [1.54, 1.807) is 19.1 Å². The molecule has 0 aromatic heterocycles.